The molecule has 2 N–H and O–H groups in total. The summed E-state index contributed by atoms with van der Waals surface area (Å²) in [7, 11) is 0. The summed E-state index contributed by atoms with van der Waals surface area (Å²) in [6.45, 7) is 0.872. The molecule has 106 valence electrons. The third-order valence-electron chi connectivity index (χ3n) is 4.49. The molecular formula is C17H21NO2. The molecule has 1 aromatic carbocycles. The first kappa shape index (κ1) is 13.6. The summed E-state index contributed by atoms with van der Waals surface area (Å²) < 4.78 is 0. The number of benzene rings is 1. The molecule has 0 aromatic heterocycles. The smallest absolute Gasteiger partial charge is 0.104 e. The van der Waals surface area contributed by atoms with Crippen molar-refractivity contribution in [3.63, 3.8) is 0 Å². The van der Waals surface area contributed by atoms with Crippen molar-refractivity contribution in [3.8, 4) is 11.8 Å². The van der Waals surface area contributed by atoms with Gasteiger partial charge < -0.3 is 10.2 Å². The van der Waals surface area contributed by atoms with E-state index in [1.165, 1.54) is 18.4 Å². The average molecular weight is 271 g/mol. The molecule has 20 heavy (non-hydrogen) atoms. The molecule has 2 bridgehead atoms. The van der Waals surface area contributed by atoms with Crippen LogP contribution in [0.25, 0.3) is 0 Å². The molecule has 0 spiro atoms. The highest BCUT2D eigenvalue weighted by molar-refractivity contribution is 5.36. The Labute approximate surface area is 120 Å². The van der Waals surface area contributed by atoms with Crippen LogP contribution in [0, 0.1) is 11.8 Å². The van der Waals surface area contributed by atoms with Crippen LogP contribution in [0.15, 0.2) is 24.3 Å². The van der Waals surface area contributed by atoms with E-state index in [1.54, 1.807) is 0 Å². The van der Waals surface area contributed by atoms with Gasteiger partial charge in [0.25, 0.3) is 0 Å². The summed E-state index contributed by atoms with van der Waals surface area (Å²) in [5.74, 6) is 5.58. The zero-order valence-corrected chi connectivity index (χ0v) is 11.6. The van der Waals surface area contributed by atoms with E-state index in [2.05, 4.69) is 28.9 Å². The maximum atomic E-state index is 9.83. The topological polar surface area (TPSA) is 43.7 Å². The number of fused-ring (bicyclic) bond motifs is 2. The quantitative estimate of drug-likeness (QED) is 0.802. The van der Waals surface area contributed by atoms with Crippen molar-refractivity contribution in [2.24, 2.45) is 0 Å². The molecule has 0 radical (unpaired) electrons. The number of rotatable bonds is 2. The second kappa shape index (κ2) is 5.97. The van der Waals surface area contributed by atoms with Crippen molar-refractivity contribution in [2.45, 2.75) is 50.4 Å². The van der Waals surface area contributed by atoms with E-state index < -0.39 is 0 Å². The van der Waals surface area contributed by atoms with Gasteiger partial charge in [-0.3, -0.25) is 4.90 Å². The van der Waals surface area contributed by atoms with Crippen molar-refractivity contribution in [2.75, 3.05) is 6.61 Å². The summed E-state index contributed by atoms with van der Waals surface area (Å²) in [5.41, 5.74) is 2.24. The fourth-order valence-corrected chi connectivity index (χ4v) is 3.55. The minimum atomic E-state index is -0.0973. The molecule has 3 nitrogen and oxygen atoms in total. The second-order valence-corrected chi connectivity index (χ2v) is 5.84. The number of hydrogen-bond acceptors (Lipinski definition) is 3. The van der Waals surface area contributed by atoms with Gasteiger partial charge >= 0.3 is 0 Å². The largest absolute Gasteiger partial charge is 0.393 e. The normalized spacial score (nSPS) is 29.0. The monoisotopic (exact) mass is 271 g/mol. The maximum Gasteiger partial charge on any atom is 0.104 e. The Morgan fingerprint density at radius 1 is 1.10 bits per heavy atom. The molecule has 0 saturated carbocycles. The zero-order chi connectivity index (χ0) is 13.9. The summed E-state index contributed by atoms with van der Waals surface area (Å²) in [6, 6.07) is 9.37. The Balaban J connectivity index is 1.66. The molecule has 2 fully saturated rings. The Kier molecular flexibility index (Phi) is 4.07. The third-order valence-corrected chi connectivity index (χ3v) is 4.49. The Hall–Kier alpha value is -1.34. The van der Waals surface area contributed by atoms with Gasteiger partial charge in [0.1, 0.15) is 6.61 Å². The first-order chi connectivity index (χ1) is 9.76. The van der Waals surface area contributed by atoms with E-state index in [0.29, 0.717) is 12.1 Å². The van der Waals surface area contributed by atoms with Gasteiger partial charge in [0.15, 0.2) is 0 Å². The average Bonchev–Trinajstić information content (AvgIpc) is 2.70. The van der Waals surface area contributed by atoms with Gasteiger partial charge in [0.05, 0.1) is 6.10 Å². The van der Waals surface area contributed by atoms with E-state index in [1.807, 2.05) is 12.1 Å². The van der Waals surface area contributed by atoms with Gasteiger partial charge in [0, 0.05) is 24.2 Å². The highest BCUT2D eigenvalue weighted by atomic mass is 16.3. The standard InChI is InChI=1S/C17H21NO2/c19-9-1-2-13-3-5-14(6-4-13)12-18-15-7-8-16(18)11-17(20)10-15/h3-6,15-17,19-20H,7-12H2. The van der Waals surface area contributed by atoms with Crippen molar-refractivity contribution < 1.29 is 10.2 Å². The van der Waals surface area contributed by atoms with Crippen molar-refractivity contribution in [3.05, 3.63) is 35.4 Å². The molecule has 2 aliphatic rings. The molecule has 1 aromatic rings. The van der Waals surface area contributed by atoms with Crippen LogP contribution in [0.1, 0.15) is 36.8 Å². The molecule has 2 atom stereocenters. The summed E-state index contributed by atoms with van der Waals surface area (Å²) in [5, 5.41) is 18.5. The van der Waals surface area contributed by atoms with Crippen LogP contribution >= 0.6 is 0 Å². The molecular weight excluding hydrogens is 250 g/mol. The van der Waals surface area contributed by atoms with Gasteiger partial charge in [-0.05, 0) is 43.4 Å². The van der Waals surface area contributed by atoms with Crippen LogP contribution in [-0.2, 0) is 6.54 Å². The minimum absolute atomic E-state index is 0.0960. The SMILES string of the molecule is OCC#Cc1ccc(CN2C3CCC2CC(O)C3)cc1. The number of hydrogen-bond donors (Lipinski definition) is 2. The molecule has 2 unspecified atom stereocenters. The van der Waals surface area contributed by atoms with Gasteiger partial charge in [-0.25, -0.2) is 0 Å². The molecule has 3 rings (SSSR count). The van der Waals surface area contributed by atoms with Gasteiger partial charge in [0.2, 0.25) is 0 Å². The fraction of sp³-hybridized carbons (Fsp3) is 0.529. The molecule has 0 aliphatic carbocycles. The lowest BCUT2D eigenvalue weighted by Crippen LogP contribution is -2.44. The van der Waals surface area contributed by atoms with Crippen LogP contribution in [0.2, 0.25) is 0 Å². The Morgan fingerprint density at radius 2 is 1.75 bits per heavy atom. The molecule has 2 saturated heterocycles. The van der Waals surface area contributed by atoms with E-state index in [4.69, 9.17) is 5.11 Å². The van der Waals surface area contributed by atoms with Crippen LogP contribution in [0.4, 0.5) is 0 Å². The number of nitrogens with zero attached hydrogens (tertiary/aromatic N) is 1. The third kappa shape index (κ3) is 2.88. The Morgan fingerprint density at radius 3 is 2.35 bits per heavy atom. The summed E-state index contributed by atoms with van der Waals surface area (Å²) in [4.78, 5) is 2.56. The molecule has 0 amide bonds. The predicted molar refractivity (Wildman–Crippen MR) is 78.0 cm³/mol. The lowest BCUT2D eigenvalue weighted by molar-refractivity contribution is 0.0310. The van der Waals surface area contributed by atoms with Crippen molar-refractivity contribution >= 4 is 0 Å². The van der Waals surface area contributed by atoms with Gasteiger partial charge in [-0.2, -0.15) is 0 Å². The number of aliphatic hydroxyl groups excluding tert-OH is 2. The highest BCUT2D eigenvalue weighted by Gasteiger charge is 2.39. The lowest BCUT2D eigenvalue weighted by atomic mass is 9.99. The van der Waals surface area contributed by atoms with Crippen LogP contribution < -0.4 is 0 Å². The summed E-state index contributed by atoms with van der Waals surface area (Å²) >= 11 is 0. The minimum Gasteiger partial charge on any atom is -0.393 e. The van der Waals surface area contributed by atoms with Gasteiger partial charge in [-0.1, -0.05) is 24.0 Å². The molecule has 2 heterocycles. The van der Waals surface area contributed by atoms with E-state index >= 15 is 0 Å². The molecule has 3 heteroatoms. The lowest BCUT2D eigenvalue weighted by Gasteiger charge is -2.37. The van der Waals surface area contributed by atoms with E-state index in [0.717, 1.165) is 24.9 Å². The molecule has 2 aliphatic heterocycles. The summed E-state index contributed by atoms with van der Waals surface area (Å²) in [6.07, 6.45) is 4.20. The fourth-order valence-electron chi connectivity index (χ4n) is 3.55. The van der Waals surface area contributed by atoms with Crippen molar-refractivity contribution in [1.82, 2.24) is 4.90 Å². The van der Waals surface area contributed by atoms with E-state index in [-0.39, 0.29) is 12.7 Å². The first-order valence-corrected chi connectivity index (χ1v) is 7.39. The van der Waals surface area contributed by atoms with Crippen LogP contribution in [-0.4, -0.2) is 39.9 Å². The maximum absolute atomic E-state index is 9.83. The highest BCUT2D eigenvalue weighted by Crippen LogP contribution is 2.36. The van der Waals surface area contributed by atoms with Crippen LogP contribution in [0.3, 0.4) is 0 Å². The Bertz CT molecular complexity index is 500. The number of piperidine rings is 1. The van der Waals surface area contributed by atoms with Crippen molar-refractivity contribution in [1.29, 1.82) is 0 Å². The van der Waals surface area contributed by atoms with Gasteiger partial charge in [-0.15, -0.1) is 0 Å². The predicted octanol–water partition coefficient (Wildman–Crippen LogP) is 1.52. The second-order valence-electron chi connectivity index (χ2n) is 5.84. The zero-order valence-electron chi connectivity index (χ0n) is 11.6. The van der Waals surface area contributed by atoms with E-state index in [9.17, 15) is 5.11 Å². The van der Waals surface area contributed by atoms with Crippen LogP contribution in [0.5, 0.6) is 0 Å². The number of aliphatic hydroxyl groups is 2. The first-order valence-electron chi connectivity index (χ1n) is 7.39.